The van der Waals surface area contributed by atoms with Gasteiger partial charge in [-0.25, -0.2) is 4.68 Å². The minimum Gasteiger partial charge on any atom is -0.310 e. The highest BCUT2D eigenvalue weighted by atomic mass is 15.3. The topological polar surface area (TPSA) is 29.9 Å². The number of nitrogens with zero attached hydrogens (tertiary/aromatic N) is 2. The molecule has 0 aliphatic heterocycles. The Morgan fingerprint density at radius 2 is 2.05 bits per heavy atom. The van der Waals surface area contributed by atoms with Crippen molar-refractivity contribution >= 4 is 0 Å². The van der Waals surface area contributed by atoms with Gasteiger partial charge in [0.25, 0.3) is 0 Å². The van der Waals surface area contributed by atoms with Crippen molar-refractivity contribution in [2.45, 2.75) is 59.0 Å². The van der Waals surface area contributed by atoms with Gasteiger partial charge in [-0.2, -0.15) is 5.10 Å². The summed E-state index contributed by atoms with van der Waals surface area (Å²) in [6.07, 6.45) is 4.68. The fourth-order valence-electron chi connectivity index (χ4n) is 2.82. The summed E-state index contributed by atoms with van der Waals surface area (Å²) in [6, 6.07) is 7.30. The van der Waals surface area contributed by atoms with E-state index < -0.39 is 0 Å². The lowest BCUT2D eigenvalue weighted by molar-refractivity contribution is 0.665. The Bertz CT molecular complexity index is 636. The lowest BCUT2D eigenvalue weighted by Crippen LogP contribution is -2.17. The first-order chi connectivity index (χ1) is 10.1. The number of nitrogens with one attached hydrogen (secondary N) is 1. The van der Waals surface area contributed by atoms with Gasteiger partial charge in [-0.15, -0.1) is 0 Å². The molecule has 2 aromatic rings. The van der Waals surface area contributed by atoms with Gasteiger partial charge in [0.2, 0.25) is 0 Å². The molecular weight excluding hydrogens is 258 g/mol. The van der Waals surface area contributed by atoms with Gasteiger partial charge in [0.1, 0.15) is 0 Å². The zero-order chi connectivity index (χ0) is 15.0. The zero-order valence-corrected chi connectivity index (χ0v) is 13.5. The molecular formula is C18H25N3. The van der Waals surface area contributed by atoms with Crippen LogP contribution in [0.4, 0.5) is 0 Å². The Morgan fingerprint density at radius 1 is 1.29 bits per heavy atom. The number of aryl methyl sites for hydroxylation is 2. The summed E-state index contributed by atoms with van der Waals surface area (Å²) in [5.41, 5.74) is 6.41. The summed E-state index contributed by atoms with van der Waals surface area (Å²) in [4.78, 5) is 0. The van der Waals surface area contributed by atoms with Crippen molar-refractivity contribution in [3.05, 3.63) is 46.8 Å². The molecule has 3 nitrogen and oxygen atoms in total. The van der Waals surface area contributed by atoms with Gasteiger partial charge < -0.3 is 5.32 Å². The predicted molar refractivity (Wildman–Crippen MR) is 87.0 cm³/mol. The SMILES string of the molecule is Cc1ccc(C)c(-n2ncc(CNC3CC3)c2C(C)C)c1. The van der Waals surface area contributed by atoms with Crippen LogP contribution in [0.25, 0.3) is 5.69 Å². The molecule has 3 heteroatoms. The Kier molecular flexibility index (Phi) is 3.85. The fourth-order valence-corrected chi connectivity index (χ4v) is 2.82. The van der Waals surface area contributed by atoms with Gasteiger partial charge in [-0.05, 0) is 49.8 Å². The molecule has 0 amide bonds. The molecule has 1 fully saturated rings. The van der Waals surface area contributed by atoms with Crippen molar-refractivity contribution in [2.75, 3.05) is 0 Å². The van der Waals surface area contributed by atoms with Gasteiger partial charge in [0.05, 0.1) is 17.6 Å². The Morgan fingerprint density at radius 3 is 2.71 bits per heavy atom. The van der Waals surface area contributed by atoms with Gasteiger partial charge >= 0.3 is 0 Å². The van der Waals surface area contributed by atoms with E-state index in [2.05, 4.69) is 61.0 Å². The van der Waals surface area contributed by atoms with E-state index in [-0.39, 0.29) is 0 Å². The fraction of sp³-hybridized carbons (Fsp3) is 0.500. The first-order valence-corrected chi connectivity index (χ1v) is 7.94. The molecule has 1 aliphatic rings. The van der Waals surface area contributed by atoms with Crippen LogP contribution in [0.2, 0.25) is 0 Å². The maximum absolute atomic E-state index is 4.68. The van der Waals surface area contributed by atoms with Crippen molar-refractivity contribution in [1.29, 1.82) is 0 Å². The second-order valence-corrected chi connectivity index (χ2v) is 6.57. The van der Waals surface area contributed by atoms with E-state index in [9.17, 15) is 0 Å². The van der Waals surface area contributed by atoms with E-state index in [4.69, 9.17) is 0 Å². The molecule has 0 atom stereocenters. The van der Waals surface area contributed by atoms with E-state index in [1.807, 2.05) is 6.20 Å². The molecule has 1 aromatic heterocycles. The number of benzene rings is 1. The van der Waals surface area contributed by atoms with Gasteiger partial charge in [-0.1, -0.05) is 26.0 Å². The lowest BCUT2D eigenvalue weighted by Gasteiger charge is -2.15. The van der Waals surface area contributed by atoms with Crippen LogP contribution in [-0.2, 0) is 6.54 Å². The Balaban J connectivity index is 1.98. The zero-order valence-electron chi connectivity index (χ0n) is 13.5. The van der Waals surface area contributed by atoms with E-state index in [1.54, 1.807) is 0 Å². The van der Waals surface area contributed by atoms with Crippen molar-refractivity contribution in [3.63, 3.8) is 0 Å². The maximum Gasteiger partial charge on any atom is 0.0680 e. The predicted octanol–water partition coefficient (Wildman–Crippen LogP) is 3.86. The molecule has 1 saturated carbocycles. The van der Waals surface area contributed by atoms with Crippen molar-refractivity contribution in [3.8, 4) is 5.69 Å². The van der Waals surface area contributed by atoms with E-state index in [0.29, 0.717) is 5.92 Å². The van der Waals surface area contributed by atoms with Crippen molar-refractivity contribution in [2.24, 2.45) is 0 Å². The van der Waals surface area contributed by atoms with E-state index in [1.165, 1.54) is 40.9 Å². The van der Waals surface area contributed by atoms with Crippen LogP contribution in [0.5, 0.6) is 0 Å². The smallest absolute Gasteiger partial charge is 0.0680 e. The highest BCUT2D eigenvalue weighted by Crippen LogP contribution is 2.26. The van der Waals surface area contributed by atoms with E-state index in [0.717, 1.165) is 12.6 Å². The maximum atomic E-state index is 4.68. The number of rotatable bonds is 5. The Hall–Kier alpha value is -1.61. The summed E-state index contributed by atoms with van der Waals surface area (Å²) in [5.74, 6) is 0.461. The second kappa shape index (κ2) is 5.64. The largest absolute Gasteiger partial charge is 0.310 e. The highest BCUT2D eigenvalue weighted by Gasteiger charge is 2.22. The minimum atomic E-state index is 0.461. The summed E-state index contributed by atoms with van der Waals surface area (Å²) >= 11 is 0. The number of aromatic nitrogens is 2. The number of hydrogen-bond donors (Lipinski definition) is 1. The average molecular weight is 283 g/mol. The third kappa shape index (κ3) is 3.03. The molecule has 1 aliphatic carbocycles. The summed E-state index contributed by atoms with van der Waals surface area (Å²) in [7, 11) is 0. The molecule has 1 heterocycles. The molecule has 112 valence electrons. The van der Waals surface area contributed by atoms with E-state index >= 15 is 0 Å². The first kappa shape index (κ1) is 14.3. The molecule has 0 unspecified atom stereocenters. The standard InChI is InChI=1S/C18H25N3/c1-12(2)18-15(10-19-16-7-8-16)11-20-21(18)17-9-13(3)5-6-14(17)4/h5-6,9,11-12,16,19H,7-8,10H2,1-4H3. The monoisotopic (exact) mass is 283 g/mol. The normalized spacial score (nSPS) is 14.9. The summed E-state index contributed by atoms with van der Waals surface area (Å²) in [6.45, 7) is 9.72. The number of hydrogen-bond acceptors (Lipinski definition) is 2. The summed E-state index contributed by atoms with van der Waals surface area (Å²) < 4.78 is 2.14. The molecule has 0 radical (unpaired) electrons. The third-order valence-electron chi connectivity index (χ3n) is 4.18. The molecule has 0 saturated heterocycles. The van der Waals surface area contributed by atoms with Gasteiger partial charge in [0, 0.05) is 18.2 Å². The van der Waals surface area contributed by atoms with Crippen LogP contribution < -0.4 is 5.32 Å². The van der Waals surface area contributed by atoms with Crippen LogP contribution in [0.3, 0.4) is 0 Å². The third-order valence-corrected chi connectivity index (χ3v) is 4.18. The van der Waals surface area contributed by atoms with Crippen molar-refractivity contribution in [1.82, 2.24) is 15.1 Å². The van der Waals surface area contributed by atoms with Crippen LogP contribution in [0.1, 0.15) is 55.0 Å². The van der Waals surface area contributed by atoms with Crippen molar-refractivity contribution < 1.29 is 0 Å². The molecule has 0 spiro atoms. The highest BCUT2D eigenvalue weighted by molar-refractivity contribution is 5.45. The molecule has 1 aromatic carbocycles. The van der Waals surface area contributed by atoms with Gasteiger partial charge in [-0.3, -0.25) is 0 Å². The first-order valence-electron chi connectivity index (χ1n) is 7.94. The lowest BCUT2D eigenvalue weighted by atomic mass is 10.0. The quantitative estimate of drug-likeness (QED) is 0.903. The van der Waals surface area contributed by atoms with Gasteiger partial charge in [0.15, 0.2) is 0 Å². The van der Waals surface area contributed by atoms with Crippen LogP contribution >= 0.6 is 0 Å². The van der Waals surface area contributed by atoms with Crippen LogP contribution in [0, 0.1) is 13.8 Å². The molecule has 0 bridgehead atoms. The molecule has 3 rings (SSSR count). The Labute approximate surface area is 127 Å². The summed E-state index contributed by atoms with van der Waals surface area (Å²) in [5, 5.41) is 8.29. The second-order valence-electron chi connectivity index (χ2n) is 6.57. The minimum absolute atomic E-state index is 0.461. The van der Waals surface area contributed by atoms with Crippen LogP contribution in [-0.4, -0.2) is 15.8 Å². The average Bonchev–Trinajstić information content (AvgIpc) is 3.17. The molecule has 21 heavy (non-hydrogen) atoms. The molecule has 1 N–H and O–H groups in total. The van der Waals surface area contributed by atoms with Crippen LogP contribution in [0.15, 0.2) is 24.4 Å².